The van der Waals surface area contributed by atoms with E-state index in [0.29, 0.717) is 0 Å². The van der Waals surface area contributed by atoms with E-state index in [1.807, 2.05) is 0 Å². The van der Waals surface area contributed by atoms with Gasteiger partial charge in [-0.1, -0.05) is 24.2 Å². The third kappa shape index (κ3) is 2.29. The van der Waals surface area contributed by atoms with Gasteiger partial charge in [-0.15, -0.1) is 0 Å². The summed E-state index contributed by atoms with van der Waals surface area (Å²) in [6, 6.07) is -3.30. The van der Waals surface area contributed by atoms with Crippen LogP contribution in [0, 0.1) is 0 Å². The van der Waals surface area contributed by atoms with Crippen LogP contribution in [0.4, 0.5) is 8.78 Å². The van der Waals surface area contributed by atoms with E-state index in [1.54, 1.807) is 27.7 Å². The number of alkyl halides is 2. The topological polar surface area (TPSA) is 18.5 Å². The molecule has 1 saturated heterocycles. The minimum Gasteiger partial charge on any atom is -0.399 e. The van der Waals surface area contributed by atoms with Crippen molar-refractivity contribution in [1.82, 2.24) is 0 Å². The van der Waals surface area contributed by atoms with Crippen LogP contribution in [-0.2, 0) is 9.31 Å². The molecule has 0 unspecified atom stereocenters. The molecule has 5 heteroatoms. The molecule has 1 aromatic carbocycles. The SMILES string of the molecule is [2H]c1c([2H])c(C([2H])(F)F)c([2H])c([2H])c1B1OC(C)(C)C(C)(C)O1. The third-order valence-electron chi connectivity index (χ3n) is 3.32. The molecule has 0 N–H and O–H groups in total. The van der Waals surface area contributed by atoms with Crippen LogP contribution in [0.1, 0.15) is 46.5 Å². The maximum Gasteiger partial charge on any atom is 0.494 e. The lowest BCUT2D eigenvalue weighted by molar-refractivity contribution is 0.00578. The molecule has 0 radical (unpaired) electrons. The van der Waals surface area contributed by atoms with Crippen molar-refractivity contribution < 1.29 is 24.9 Å². The van der Waals surface area contributed by atoms with E-state index in [0.717, 1.165) is 0 Å². The van der Waals surface area contributed by atoms with Gasteiger partial charge >= 0.3 is 7.12 Å². The van der Waals surface area contributed by atoms with Crippen molar-refractivity contribution in [3.8, 4) is 0 Å². The number of halogens is 2. The second-order valence-electron chi connectivity index (χ2n) is 5.14. The van der Waals surface area contributed by atoms with Gasteiger partial charge in [0.1, 0.15) is 1.37 Å². The zero-order valence-corrected chi connectivity index (χ0v) is 10.6. The average molecular weight is 259 g/mol. The van der Waals surface area contributed by atoms with E-state index >= 15 is 0 Å². The molecule has 0 atom stereocenters. The Bertz CT molecular complexity index is 616. The zero-order valence-electron chi connectivity index (χ0n) is 15.6. The van der Waals surface area contributed by atoms with E-state index in [1.165, 1.54) is 0 Å². The van der Waals surface area contributed by atoms with Crippen molar-refractivity contribution in [2.45, 2.75) is 45.3 Å². The molecule has 1 aromatic rings. The Labute approximate surface area is 113 Å². The van der Waals surface area contributed by atoms with Gasteiger partial charge in [0.25, 0.3) is 6.40 Å². The van der Waals surface area contributed by atoms with Gasteiger partial charge in [0, 0.05) is 5.56 Å². The van der Waals surface area contributed by atoms with Crippen molar-refractivity contribution in [3.63, 3.8) is 0 Å². The third-order valence-corrected chi connectivity index (χ3v) is 3.32. The number of hydrogen-bond donors (Lipinski definition) is 0. The second kappa shape index (κ2) is 4.32. The highest BCUT2D eigenvalue weighted by molar-refractivity contribution is 6.62. The Morgan fingerprint density at radius 2 is 1.56 bits per heavy atom. The van der Waals surface area contributed by atoms with Crippen molar-refractivity contribution >= 4 is 12.6 Å². The van der Waals surface area contributed by atoms with E-state index in [9.17, 15) is 8.78 Å². The van der Waals surface area contributed by atoms with Crippen LogP contribution in [-0.4, -0.2) is 18.3 Å². The lowest BCUT2D eigenvalue weighted by atomic mass is 9.79. The van der Waals surface area contributed by atoms with Gasteiger partial charge in [-0.3, -0.25) is 0 Å². The zero-order chi connectivity index (χ0) is 18.0. The maximum atomic E-state index is 13.3. The first-order valence-electron chi connectivity index (χ1n) is 8.05. The summed E-state index contributed by atoms with van der Waals surface area (Å²) < 4.78 is 75.9. The van der Waals surface area contributed by atoms with Gasteiger partial charge in [0.15, 0.2) is 0 Å². The molecular weight excluding hydrogens is 237 g/mol. The Balaban J connectivity index is 2.64. The normalized spacial score (nSPS) is 26.1. The Morgan fingerprint density at radius 3 is 1.94 bits per heavy atom. The van der Waals surface area contributed by atoms with Crippen LogP contribution in [0.2, 0.25) is 0 Å². The first-order valence-corrected chi connectivity index (χ1v) is 5.55. The molecule has 2 nitrogen and oxygen atoms in total. The Kier molecular flexibility index (Phi) is 1.98. The summed E-state index contributed by atoms with van der Waals surface area (Å²) in [6.07, 6.45) is -4.23. The van der Waals surface area contributed by atoms with Crippen LogP contribution in [0.3, 0.4) is 0 Å². The molecule has 0 saturated carbocycles. The lowest BCUT2D eigenvalue weighted by Gasteiger charge is -2.32. The second-order valence-corrected chi connectivity index (χ2v) is 5.14. The molecule has 0 spiro atoms. The van der Waals surface area contributed by atoms with Crippen LogP contribution < -0.4 is 5.46 Å². The number of hydrogen-bond acceptors (Lipinski definition) is 2. The van der Waals surface area contributed by atoms with Crippen LogP contribution in [0.5, 0.6) is 0 Å². The molecule has 1 fully saturated rings. The Morgan fingerprint density at radius 1 is 1.11 bits per heavy atom. The maximum absolute atomic E-state index is 13.3. The predicted molar refractivity (Wildman–Crippen MR) is 67.1 cm³/mol. The highest BCUT2D eigenvalue weighted by Crippen LogP contribution is 2.36. The summed E-state index contributed by atoms with van der Waals surface area (Å²) in [5.74, 6) is 0. The largest absolute Gasteiger partial charge is 0.494 e. The van der Waals surface area contributed by atoms with E-state index in [2.05, 4.69) is 0 Å². The molecule has 0 bridgehead atoms. The summed E-state index contributed by atoms with van der Waals surface area (Å²) >= 11 is 0. The van der Waals surface area contributed by atoms with Gasteiger partial charge < -0.3 is 9.31 Å². The molecule has 1 heterocycles. The Hall–Kier alpha value is -0.935. The van der Waals surface area contributed by atoms with Gasteiger partial charge in [0.05, 0.1) is 16.7 Å². The standard InChI is InChI=1S/C13H17BF2O2/c1-12(2)13(3,4)18-14(17-12)10-7-5-9(6-8-10)11(15)16/h5-8,11H,1-4H3/i5D,6D,7D,8D,11D. The molecular formula is C13H17BF2O2. The fourth-order valence-electron chi connectivity index (χ4n) is 1.50. The molecule has 98 valence electrons. The fraction of sp³-hybridized carbons (Fsp3) is 0.538. The monoisotopic (exact) mass is 259 g/mol. The minimum atomic E-state index is -4.23. The molecule has 18 heavy (non-hydrogen) atoms. The summed E-state index contributed by atoms with van der Waals surface area (Å²) in [4.78, 5) is 0. The smallest absolute Gasteiger partial charge is 0.399 e. The summed E-state index contributed by atoms with van der Waals surface area (Å²) in [7, 11) is -1.21. The number of rotatable bonds is 2. The predicted octanol–water partition coefficient (Wildman–Crippen LogP) is 2.92. The summed E-state index contributed by atoms with van der Waals surface area (Å²) in [5.41, 5.74) is -3.06. The number of benzene rings is 1. The van der Waals surface area contributed by atoms with Gasteiger partial charge in [-0.25, -0.2) is 8.78 Å². The minimum absolute atomic E-state index is 0.244. The van der Waals surface area contributed by atoms with Crippen molar-refractivity contribution in [1.29, 1.82) is 0 Å². The van der Waals surface area contributed by atoms with Crippen molar-refractivity contribution in [3.05, 3.63) is 29.7 Å². The average Bonchev–Trinajstić information content (AvgIpc) is 2.54. The van der Waals surface area contributed by atoms with Gasteiger partial charge in [-0.2, -0.15) is 0 Å². The molecule has 1 aliphatic rings. The molecule has 0 aromatic heterocycles. The first kappa shape index (κ1) is 8.28. The quantitative estimate of drug-likeness (QED) is 0.760. The highest BCUT2D eigenvalue weighted by Gasteiger charge is 2.51. The lowest BCUT2D eigenvalue weighted by Crippen LogP contribution is -2.41. The highest BCUT2D eigenvalue weighted by atomic mass is 19.3. The van der Waals surface area contributed by atoms with E-state index in [-0.39, 0.29) is 5.46 Å². The van der Waals surface area contributed by atoms with Crippen LogP contribution >= 0.6 is 0 Å². The molecule has 2 rings (SSSR count). The van der Waals surface area contributed by atoms with Crippen LogP contribution in [0.15, 0.2) is 24.2 Å². The molecule has 1 aliphatic heterocycles. The van der Waals surface area contributed by atoms with Crippen LogP contribution in [0.25, 0.3) is 0 Å². The first-order chi connectivity index (χ1) is 10.2. The van der Waals surface area contributed by atoms with Gasteiger partial charge in [-0.05, 0) is 33.2 Å². The van der Waals surface area contributed by atoms with Crippen molar-refractivity contribution in [2.24, 2.45) is 0 Å². The van der Waals surface area contributed by atoms with E-state index < -0.39 is 54.5 Å². The fourth-order valence-corrected chi connectivity index (χ4v) is 1.50. The molecule has 0 aliphatic carbocycles. The summed E-state index contributed by atoms with van der Waals surface area (Å²) in [6.45, 7) is 6.98. The molecule has 0 amide bonds. The van der Waals surface area contributed by atoms with E-state index in [4.69, 9.17) is 16.2 Å². The van der Waals surface area contributed by atoms with Crippen molar-refractivity contribution in [2.75, 3.05) is 0 Å². The van der Waals surface area contributed by atoms with Gasteiger partial charge in [0.2, 0.25) is 0 Å². The summed E-state index contributed by atoms with van der Waals surface area (Å²) in [5, 5.41) is 0.